The fourth-order valence-electron chi connectivity index (χ4n) is 0.697. The van der Waals surface area contributed by atoms with E-state index in [1.165, 1.54) is 42.6 Å². The van der Waals surface area contributed by atoms with Gasteiger partial charge in [0.1, 0.15) is 0 Å². The quantitative estimate of drug-likeness (QED) is 0.550. The van der Waals surface area contributed by atoms with E-state index in [1.54, 1.807) is 0 Å². The molecule has 0 rings (SSSR count). The van der Waals surface area contributed by atoms with E-state index in [9.17, 15) is 0 Å². The van der Waals surface area contributed by atoms with Crippen LogP contribution in [0.1, 0.15) is 33.1 Å². The van der Waals surface area contributed by atoms with Gasteiger partial charge in [-0.15, -0.1) is 0 Å². The van der Waals surface area contributed by atoms with Gasteiger partial charge in [-0.3, -0.25) is 0 Å². The van der Waals surface area contributed by atoms with E-state index in [2.05, 4.69) is 13.8 Å². The molecule has 0 nitrogen and oxygen atoms in total. The summed E-state index contributed by atoms with van der Waals surface area (Å²) in [5.74, 6) is 1.01. The third-order valence-corrected chi connectivity index (χ3v) is 3.61. The summed E-state index contributed by atoms with van der Waals surface area (Å²) in [5.41, 5.74) is 0. The molecular formula is C7H15ClZn. The largest absolute Gasteiger partial charge is 1.00 e. The zero-order valence-corrected chi connectivity index (χ0v) is 10.2. The van der Waals surface area contributed by atoms with Crippen molar-refractivity contribution in [2.75, 3.05) is 0 Å². The molecule has 0 aliphatic heterocycles. The van der Waals surface area contributed by atoms with Crippen LogP contribution in [0.2, 0.25) is 5.02 Å². The maximum atomic E-state index is 2.36. The summed E-state index contributed by atoms with van der Waals surface area (Å²) in [4.78, 5) is 0. The first-order chi connectivity index (χ1) is 3.81. The van der Waals surface area contributed by atoms with Crippen LogP contribution in [-0.2, 0) is 18.3 Å². The van der Waals surface area contributed by atoms with Gasteiger partial charge in [-0.1, -0.05) is 0 Å². The second-order valence-corrected chi connectivity index (χ2v) is 3.75. The molecule has 52 valence electrons. The van der Waals surface area contributed by atoms with E-state index in [4.69, 9.17) is 0 Å². The smallest absolute Gasteiger partial charge is 1.00 e. The normalized spacial score (nSPS) is 12.4. The predicted molar refractivity (Wildman–Crippen MR) is 33.5 cm³/mol. The van der Waals surface area contributed by atoms with Gasteiger partial charge in [-0.05, 0) is 0 Å². The summed E-state index contributed by atoms with van der Waals surface area (Å²) >= 11 is 1.48. The molecule has 0 radical (unpaired) electrons. The van der Waals surface area contributed by atoms with Crippen molar-refractivity contribution in [1.29, 1.82) is 0 Å². The summed E-state index contributed by atoms with van der Waals surface area (Å²) in [6.07, 6.45) is 4.25. The number of unbranched alkanes of at least 4 members (excludes halogenated alkanes) is 1. The van der Waals surface area contributed by atoms with Crippen LogP contribution in [0.25, 0.3) is 0 Å². The SMILES string of the molecule is CCCCC(C)[CH2][Zn+].[Cl-]. The Bertz CT molecular complexity index is 48.2. The van der Waals surface area contributed by atoms with Crippen molar-refractivity contribution >= 4 is 0 Å². The van der Waals surface area contributed by atoms with Crippen molar-refractivity contribution < 1.29 is 30.7 Å². The Labute approximate surface area is 74.9 Å². The van der Waals surface area contributed by atoms with Crippen molar-refractivity contribution in [3.05, 3.63) is 0 Å². The molecule has 0 aromatic carbocycles. The Hall–Kier alpha value is 0.913. The van der Waals surface area contributed by atoms with Gasteiger partial charge in [0.25, 0.3) is 0 Å². The van der Waals surface area contributed by atoms with Crippen LogP contribution < -0.4 is 12.4 Å². The van der Waals surface area contributed by atoms with Crippen LogP contribution in [0.15, 0.2) is 0 Å². The van der Waals surface area contributed by atoms with Crippen molar-refractivity contribution in [2.45, 2.75) is 38.1 Å². The molecule has 0 fully saturated rings. The molecule has 2 heteroatoms. The van der Waals surface area contributed by atoms with Gasteiger partial charge in [0.15, 0.2) is 0 Å². The third kappa shape index (κ3) is 8.91. The van der Waals surface area contributed by atoms with Gasteiger partial charge in [0, 0.05) is 0 Å². The second kappa shape index (κ2) is 8.91. The number of halogens is 1. The zero-order valence-electron chi connectivity index (χ0n) is 6.49. The summed E-state index contributed by atoms with van der Waals surface area (Å²) in [6, 6.07) is 0. The summed E-state index contributed by atoms with van der Waals surface area (Å²) in [6.45, 7) is 4.62. The second-order valence-electron chi connectivity index (χ2n) is 2.54. The predicted octanol–water partition coefficient (Wildman–Crippen LogP) is -0.218. The zero-order chi connectivity index (χ0) is 6.41. The van der Waals surface area contributed by atoms with Crippen LogP contribution in [0.4, 0.5) is 0 Å². The monoisotopic (exact) mass is 198 g/mol. The van der Waals surface area contributed by atoms with Gasteiger partial charge in [0.05, 0.1) is 0 Å². The molecule has 0 N–H and O–H groups in total. The van der Waals surface area contributed by atoms with E-state index < -0.39 is 0 Å². The molecule has 0 aliphatic rings. The van der Waals surface area contributed by atoms with Crippen LogP contribution in [-0.4, -0.2) is 0 Å². The Morgan fingerprint density at radius 1 is 1.44 bits per heavy atom. The molecule has 0 saturated heterocycles. The fourth-order valence-corrected chi connectivity index (χ4v) is 1.30. The van der Waals surface area contributed by atoms with Gasteiger partial charge >= 0.3 is 62.3 Å². The number of hydrogen-bond donors (Lipinski definition) is 0. The molecule has 1 atom stereocenters. The van der Waals surface area contributed by atoms with E-state index in [1.807, 2.05) is 0 Å². The molecule has 0 spiro atoms. The van der Waals surface area contributed by atoms with E-state index in [0.717, 1.165) is 5.92 Å². The summed E-state index contributed by atoms with van der Waals surface area (Å²) in [5, 5.41) is 1.47. The standard InChI is InChI=1S/C7H15.ClH.Zn/c1-4-5-6-7(2)3;;/h7H,2,4-6H2,1,3H3;1H;/q;;+1/p-1. The topological polar surface area (TPSA) is 0 Å². The first-order valence-corrected chi connectivity index (χ1v) is 5.70. The van der Waals surface area contributed by atoms with Gasteiger partial charge in [0.2, 0.25) is 0 Å². The molecule has 0 heterocycles. The van der Waals surface area contributed by atoms with Crippen molar-refractivity contribution in [3.8, 4) is 0 Å². The molecule has 1 unspecified atom stereocenters. The molecule has 0 aromatic rings. The minimum Gasteiger partial charge on any atom is -1.00 e. The summed E-state index contributed by atoms with van der Waals surface area (Å²) in [7, 11) is 0. The minimum absolute atomic E-state index is 0. The molecule has 0 aromatic heterocycles. The van der Waals surface area contributed by atoms with Crippen molar-refractivity contribution in [3.63, 3.8) is 0 Å². The molecule has 9 heavy (non-hydrogen) atoms. The first-order valence-electron chi connectivity index (χ1n) is 3.60. The molecule has 0 saturated carbocycles. The maximum Gasteiger partial charge on any atom is -1.00 e. The fraction of sp³-hybridized carbons (Fsp3) is 1.00. The maximum absolute atomic E-state index is 2.36. The van der Waals surface area contributed by atoms with E-state index in [0.29, 0.717) is 0 Å². The van der Waals surface area contributed by atoms with Crippen molar-refractivity contribution in [1.82, 2.24) is 0 Å². The first kappa shape index (κ1) is 12.6. The number of hydrogen-bond acceptors (Lipinski definition) is 0. The Morgan fingerprint density at radius 3 is 2.33 bits per heavy atom. The van der Waals surface area contributed by atoms with Crippen LogP contribution in [0, 0.1) is 5.92 Å². The van der Waals surface area contributed by atoms with Crippen LogP contribution >= 0.6 is 0 Å². The Kier molecular flexibility index (Phi) is 12.5. The molecule has 0 bridgehead atoms. The van der Waals surface area contributed by atoms with E-state index >= 15 is 0 Å². The Balaban J connectivity index is 0. The molecular weight excluding hydrogens is 185 g/mol. The Morgan fingerprint density at radius 2 is 2.00 bits per heavy atom. The minimum atomic E-state index is 0. The van der Waals surface area contributed by atoms with E-state index in [-0.39, 0.29) is 12.4 Å². The van der Waals surface area contributed by atoms with Crippen LogP contribution in [0.3, 0.4) is 0 Å². The van der Waals surface area contributed by atoms with Crippen molar-refractivity contribution in [2.24, 2.45) is 5.92 Å². The molecule has 0 amide bonds. The molecule has 0 aliphatic carbocycles. The van der Waals surface area contributed by atoms with Gasteiger partial charge in [-0.25, -0.2) is 0 Å². The van der Waals surface area contributed by atoms with Gasteiger partial charge < -0.3 is 12.4 Å². The average Bonchev–Trinajstić information content (AvgIpc) is 1.83. The summed E-state index contributed by atoms with van der Waals surface area (Å²) < 4.78 is 0. The van der Waals surface area contributed by atoms with Crippen LogP contribution in [0.5, 0.6) is 0 Å². The third-order valence-electron chi connectivity index (χ3n) is 1.54. The average molecular weight is 200 g/mol. The van der Waals surface area contributed by atoms with Gasteiger partial charge in [-0.2, -0.15) is 0 Å². The number of rotatable bonds is 4.